The Hall–Kier alpha value is -1.72. The van der Waals surface area contributed by atoms with Crippen molar-refractivity contribution in [1.82, 2.24) is 9.55 Å². The van der Waals surface area contributed by atoms with Gasteiger partial charge in [-0.1, -0.05) is 30.7 Å². The predicted molar refractivity (Wildman–Crippen MR) is 105 cm³/mol. The maximum absolute atomic E-state index is 13.2. The molecule has 0 spiro atoms. The molecule has 0 N–H and O–H groups in total. The third-order valence-electron chi connectivity index (χ3n) is 5.05. The zero-order chi connectivity index (χ0) is 18.3. The summed E-state index contributed by atoms with van der Waals surface area (Å²) in [6, 6.07) is 7.49. The molecule has 0 radical (unpaired) electrons. The number of benzene rings is 1. The maximum atomic E-state index is 13.2. The molecule has 2 heterocycles. The van der Waals surface area contributed by atoms with E-state index in [2.05, 4.69) is 6.92 Å². The molecule has 6 heteroatoms. The molecule has 1 unspecified atom stereocenters. The van der Waals surface area contributed by atoms with Crippen molar-refractivity contribution < 1.29 is 4.39 Å². The predicted octanol–water partition coefficient (Wildman–Crippen LogP) is 4.80. The van der Waals surface area contributed by atoms with E-state index in [1.54, 1.807) is 11.3 Å². The van der Waals surface area contributed by atoms with E-state index in [1.807, 2.05) is 24.3 Å². The standard InChI is InChI=1S/C20H20ClFN2OS/c1-12-5-6-15-16(9-12)26-19-18(15)20(25)24(8-7-22)17(23-19)11-13-3-2-4-14(21)10-13/h2-4,10,12H,5-9,11H2,1H3. The van der Waals surface area contributed by atoms with Crippen LogP contribution in [0.15, 0.2) is 29.1 Å². The lowest BCUT2D eigenvalue weighted by atomic mass is 9.89. The van der Waals surface area contributed by atoms with Crippen LogP contribution in [0.5, 0.6) is 0 Å². The highest BCUT2D eigenvalue weighted by Gasteiger charge is 2.24. The Balaban J connectivity index is 1.87. The zero-order valence-electron chi connectivity index (χ0n) is 14.6. The Bertz CT molecular complexity index is 1030. The van der Waals surface area contributed by atoms with Gasteiger partial charge in [-0.05, 0) is 48.4 Å². The van der Waals surface area contributed by atoms with Gasteiger partial charge in [-0.3, -0.25) is 9.36 Å². The molecule has 1 aliphatic rings. The summed E-state index contributed by atoms with van der Waals surface area (Å²) in [5.41, 5.74) is 2.01. The Labute approximate surface area is 160 Å². The highest BCUT2D eigenvalue weighted by atomic mass is 35.5. The summed E-state index contributed by atoms with van der Waals surface area (Å²) in [7, 11) is 0. The first kappa shape index (κ1) is 17.7. The Morgan fingerprint density at radius 1 is 1.42 bits per heavy atom. The van der Waals surface area contributed by atoms with Gasteiger partial charge in [0.05, 0.1) is 11.9 Å². The van der Waals surface area contributed by atoms with Crippen LogP contribution in [0.2, 0.25) is 5.02 Å². The second kappa shape index (κ2) is 7.12. The Kier molecular flexibility index (Phi) is 4.84. The fourth-order valence-electron chi connectivity index (χ4n) is 3.75. The maximum Gasteiger partial charge on any atom is 0.262 e. The molecule has 4 rings (SSSR count). The molecule has 136 valence electrons. The normalized spacial score (nSPS) is 16.8. The SMILES string of the molecule is CC1CCc2c(sc3nc(Cc4cccc(Cl)c4)n(CCF)c(=O)c23)C1. The number of nitrogens with zero attached hydrogens (tertiary/aromatic N) is 2. The van der Waals surface area contributed by atoms with Crippen molar-refractivity contribution in [3.05, 3.63) is 61.5 Å². The first-order valence-corrected chi connectivity index (χ1v) is 10.1. The van der Waals surface area contributed by atoms with Crippen molar-refractivity contribution in [2.75, 3.05) is 6.67 Å². The summed E-state index contributed by atoms with van der Waals surface area (Å²) < 4.78 is 14.7. The van der Waals surface area contributed by atoms with E-state index in [0.29, 0.717) is 28.6 Å². The summed E-state index contributed by atoms with van der Waals surface area (Å²) in [5, 5.41) is 1.35. The van der Waals surface area contributed by atoms with Crippen molar-refractivity contribution in [3.8, 4) is 0 Å². The number of thiophene rings is 1. The summed E-state index contributed by atoms with van der Waals surface area (Å²) in [4.78, 5) is 20.0. The van der Waals surface area contributed by atoms with Crippen molar-refractivity contribution in [2.24, 2.45) is 5.92 Å². The van der Waals surface area contributed by atoms with Crippen LogP contribution in [-0.2, 0) is 25.8 Å². The first-order chi connectivity index (χ1) is 12.6. The number of hydrogen-bond donors (Lipinski definition) is 0. The molecule has 26 heavy (non-hydrogen) atoms. The molecule has 3 aromatic rings. The number of aromatic nitrogens is 2. The van der Waals surface area contributed by atoms with Gasteiger partial charge < -0.3 is 0 Å². The van der Waals surface area contributed by atoms with E-state index in [9.17, 15) is 9.18 Å². The van der Waals surface area contributed by atoms with Gasteiger partial charge in [0, 0.05) is 16.3 Å². The lowest BCUT2D eigenvalue weighted by molar-refractivity contribution is 0.433. The topological polar surface area (TPSA) is 34.9 Å². The monoisotopic (exact) mass is 390 g/mol. The summed E-state index contributed by atoms with van der Waals surface area (Å²) in [6.07, 6.45) is 3.47. The van der Waals surface area contributed by atoms with E-state index in [0.717, 1.165) is 35.2 Å². The number of alkyl halides is 1. The second-order valence-corrected chi connectivity index (χ2v) is 8.53. The van der Waals surface area contributed by atoms with E-state index in [4.69, 9.17) is 16.6 Å². The molecule has 2 aromatic heterocycles. The number of hydrogen-bond acceptors (Lipinski definition) is 3. The van der Waals surface area contributed by atoms with Crippen LogP contribution in [0.1, 0.15) is 35.2 Å². The fourth-order valence-corrected chi connectivity index (χ4v) is 5.35. The third-order valence-corrected chi connectivity index (χ3v) is 6.44. The molecule has 0 saturated heterocycles. The summed E-state index contributed by atoms with van der Waals surface area (Å²) in [6.45, 7) is 1.70. The average Bonchev–Trinajstić information content (AvgIpc) is 2.95. The van der Waals surface area contributed by atoms with Crippen molar-refractivity contribution in [3.63, 3.8) is 0 Å². The van der Waals surface area contributed by atoms with Crippen LogP contribution in [0.3, 0.4) is 0 Å². The van der Waals surface area contributed by atoms with Gasteiger partial charge in [0.25, 0.3) is 5.56 Å². The van der Waals surface area contributed by atoms with Gasteiger partial charge in [-0.15, -0.1) is 11.3 Å². The van der Waals surface area contributed by atoms with E-state index >= 15 is 0 Å². The lowest BCUT2D eigenvalue weighted by Crippen LogP contribution is -2.27. The molecular weight excluding hydrogens is 371 g/mol. The molecule has 0 amide bonds. The molecular formula is C20H20ClFN2OS. The quantitative estimate of drug-likeness (QED) is 0.641. The van der Waals surface area contributed by atoms with Crippen molar-refractivity contribution in [2.45, 2.75) is 39.2 Å². The van der Waals surface area contributed by atoms with Crippen LogP contribution in [0.4, 0.5) is 4.39 Å². The number of aryl methyl sites for hydroxylation is 1. The Morgan fingerprint density at radius 3 is 3.04 bits per heavy atom. The molecule has 1 aliphatic carbocycles. The molecule has 1 atom stereocenters. The van der Waals surface area contributed by atoms with Crippen LogP contribution in [-0.4, -0.2) is 16.2 Å². The van der Waals surface area contributed by atoms with Crippen LogP contribution < -0.4 is 5.56 Å². The smallest absolute Gasteiger partial charge is 0.262 e. The number of fused-ring (bicyclic) bond motifs is 3. The third kappa shape index (κ3) is 3.19. The molecule has 0 saturated carbocycles. The lowest BCUT2D eigenvalue weighted by Gasteiger charge is -2.17. The number of rotatable bonds is 4. The molecule has 0 fully saturated rings. The van der Waals surface area contributed by atoms with Crippen LogP contribution >= 0.6 is 22.9 Å². The van der Waals surface area contributed by atoms with Gasteiger partial charge in [-0.2, -0.15) is 0 Å². The van der Waals surface area contributed by atoms with Crippen LogP contribution in [0, 0.1) is 5.92 Å². The molecule has 0 aliphatic heterocycles. The van der Waals surface area contributed by atoms with E-state index < -0.39 is 6.67 Å². The van der Waals surface area contributed by atoms with Gasteiger partial charge in [0.15, 0.2) is 0 Å². The largest absolute Gasteiger partial charge is 0.293 e. The van der Waals surface area contributed by atoms with Crippen LogP contribution in [0.25, 0.3) is 10.2 Å². The average molecular weight is 391 g/mol. The van der Waals surface area contributed by atoms with Crippen molar-refractivity contribution >= 4 is 33.2 Å². The fraction of sp³-hybridized carbons (Fsp3) is 0.400. The van der Waals surface area contributed by atoms with Gasteiger partial charge in [0.1, 0.15) is 17.3 Å². The second-order valence-electron chi connectivity index (χ2n) is 7.01. The molecule has 1 aromatic carbocycles. The first-order valence-electron chi connectivity index (χ1n) is 8.91. The van der Waals surface area contributed by atoms with Gasteiger partial charge >= 0.3 is 0 Å². The molecule has 3 nitrogen and oxygen atoms in total. The Morgan fingerprint density at radius 2 is 2.27 bits per heavy atom. The molecule has 0 bridgehead atoms. The summed E-state index contributed by atoms with van der Waals surface area (Å²) >= 11 is 7.70. The van der Waals surface area contributed by atoms with Gasteiger partial charge in [0.2, 0.25) is 0 Å². The summed E-state index contributed by atoms with van der Waals surface area (Å²) in [5.74, 6) is 1.24. The minimum Gasteiger partial charge on any atom is -0.293 e. The van der Waals surface area contributed by atoms with E-state index in [1.165, 1.54) is 9.44 Å². The minimum absolute atomic E-state index is 0.0404. The highest BCUT2D eigenvalue weighted by molar-refractivity contribution is 7.18. The zero-order valence-corrected chi connectivity index (χ0v) is 16.2. The van der Waals surface area contributed by atoms with E-state index in [-0.39, 0.29) is 12.1 Å². The number of halogens is 2. The highest BCUT2D eigenvalue weighted by Crippen LogP contribution is 2.36. The minimum atomic E-state index is -0.584. The van der Waals surface area contributed by atoms with Gasteiger partial charge in [-0.25, -0.2) is 9.37 Å². The van der Waals surface area contributed by atoms with Crippen molar-refractivity contribution in [1.29, 1.82) is 0 Å².